The lowest BCUT2D eigenvalue weighted by atomic mass is 10.1. The molecule has 0 saturated carbocycles. The van der Waals surface area contributed by atoms with Crippen LogP contribution in [0.2, 0.25) is 5.15 Å². The van der Waals surface area contributed by atoms with Gasteiger partial charge in [0.05, 0.1) is 23.2 Å². The number of carbonyl (C=O) groups excluding carboxylic acids is 1. The molecule has 0 bridgehead atoms. The van der Waals surface area contributed by atoms with Crippen LogP contribution in [-0.2, 0) is 4.79 Å². The highest BCUT2D eigenvalue weighted by Gasteiger charge is 2.15. The van der Waals surface area contributed by atoms with E-state index in [9.17, 15) is 9.18 Å². The summed E-state index contributed by atoms with van der Waals surface area (Å²) in [5, 5.41) is 8.80. The second-order valence-electron chi connectivity index (χ2n) is 6.53. The summed E-state index contributed by atoms with van der Waals surface area (Å²) < 4.78 is 20.0. The van der Waals surface area contributed by atoms with Crippen LogP contribution in [0.4, 0.5) is 4.39 Å². The van der Waals surface area contributed by atoms with Crippen molar-refractivity contribution >= 4 is 23.7 Å². The van der Waals surface area contributed by atoms with E-state index in [0.717, 1.165) is 16.8 Å². The zero-order chi connectivity index (χ0) is 21.0. The van der Waals surface area contributed by atoms with E-state index in [-0.39, 0.29) is 12.4 Å². The highest BCUT2D eigenvalue weighted by molar-refractivity contribution is 6.32. The largest absolute Gasteiger partial charge is 0.484 e. The molecule has 2 aromatic carbocycles. The predicted octanol–water partition coefficient (Wildman–Crippen LogP) is 4.12. The smallest absolute Gasteiger partial charge is 0.277 e. The second-order valence-corrected chi connectivity index (χ2v) is 6.89. The molecule has 0 aliphatic rings. The number of aryl methyl sites for hydroxylation is 3. The fraction of sp³-hybridized carbons (Fsp3) is 0.190. The summed E-state index contributed by atoms with van der Waals surface area (Å²) in [4.78, 5) is 11.9. The molecule has 6 nitrogen and oxygen atoms in total. The summed E-state index contributed by atoms with van der Waals surface area (Å²) in [6.45, 7) is 5.49. The molecule has 3 aromatic rings. The Morgan fingerprint density at radius 1 is 1.28 bits per heavy atom. The molecule has 0 radical (unpaired) electrons. The molecule has 150 valence electrons. The number of nitrogens with one attached hydrogen (secondary N) is 1. The second kappa shape index (κ2) is 8.87. The van der Waals surface area contributed by atoms with Crippen LogP contribution in [0.1, 0.15) is 22.4 Å². The number of rotatable bonds is 6. The van der Waals surface area contributed by atoms with Crippen LogP contribution in [0.5, 0.6) is 5.75 Å². The molecule has 1 amide bonds. The number of carbonyl (C=O) groups is 1. The summed E-state index contributed by atoms with van der Waals surface area (Å²) in [7, 11) is 0. The first kappa shape index (κ1) is 20.5. The highest BCUT2D eigenvalue weighted by atomic mass is 35.5. The molecular weight excluding hydrogens is 395 g/mol. The van der Waals surface area contributed by atoms with Gasteiger partial charge >= 0.3 is 0 Å². The first-order valence-corrected chi connectivity index (χ1v) is 9.26. The monoisotopic (exact) mass is 414 g/mol. The normalized spacial score (nSPS) is 11.1. The molecule has 1 heterocycles. The van der Waals surface area contributed by atoms with Gasteiger partial charge in [0.2, 0.25) is 0 Å². The summed E-state index contributed by atoms with van der Waals surface area (Å²) in [5.41, 5.74) is 6.63. The molecule has 1 aromatic heterocycles. The Hall–Kier alpha value is -3.19. The Bertz CT molecular complexity index is 1080. The zero-order valence-corrected chi connectivity index (χ0v) is 17.0. The molecule has 3 rings (SSSR count). The van der Waals surface area contributed by atoms with Crippen molar-refractivity contribution in [1.82, 2.24) is 15.2 Å². The number of nitrogens with zero attached hydrogens (tertiary/aromatic N) is 3. The van der Waals surface area contributed by atoms with Crippen molar-refractivity contribution in [2.75, 3.05) is 6.61 Å². The molecular formula is C21H20ClFN4O2. The molecule has 0 fully saturated rings. The standard InChI is InChI=1S/C21H20ClFN4O2/c1-13-7-8-14(2)19(9-13)27-21(22)18(15(3)26-27)11-24-25-20(28)12-29-17-6-4-5-16(23)10-17/h4-11H,12H2,1-3H3,(H,25,28)/b24-11-. The third-order valence-corrected chi connectivity index (χ3v) is 4.55. The number of hydrazone groups is 1. The number of halogens is 2. The van der Waals surface area contributed by atoms with Crippen molar-refractivity contribution in [2.45, 2.75) is 20.8 Å². The predicted molar refractivity (Wildman–Crippen MR) is 110 cm³/mol. The molecule has 0 atom stereocenters. The van der Waals surface area contributed by atoms with Crippen LogP contribution in [-0.4, -0.2) is 28.5 Å². The lowest BCUT2D eigenvalue weighted by molar-refractivity contribution is -0.123. The molecule has 0 aliphatic carbocycles. The Balaban J connectivity index is 1.67. The Morgan fingerprint density at radius 3 is 2.83 bits per heavy atom. The van der Waals surface area contributed by atoms with Crippen LogP contribution in [0.15, 0.2) is 47.6 Å². The van der Waals surface area contributed by atoms with E-state index in [4.69, 9.17) is 16.3 Å². The summed E-state index contributed by atoms with van der Waals surface area (Å²) in [6.07, 6.45) is 1.44. The number of amides is 1. The van der Waals surface area contributed by atoms with Crippen LogP contribution < -0.4 is 10.2 Å². The van der Waals surface area contributed by atoms with Crippen molar-refractivity contribution in [3.63, 3.8) is 0 Å². The van der Waals surface area contributed by atoms with Gasteiger partial charge in [-0.15, -0.1) is 0 Å². The SMILES string of the molecule is Cc1ccc(C)c(-n2nc(C)c(/C=N\NC(=O)COc3cccc(F)c3)c2Cl)c1. The number of benzene rings is 2. The topological polar surface area (TPSA) is 68.5 Å². The third kappa shape index (κ3) is 5.00. The molecule has 0 saturated heterocycles. The molecule has 1 N–H and O–H groups in total. The van der Waals surface area contributed by atoms with Gasteiger partial charge in [0.1, 0.15) is 16.7 Å². The van der Waals surface area contributed by atoms with E-state index in [1.54, 1.807) is 10.7 Å². The van der Waals surface area contributed by atoms with Gasteiger partial charge in [0.25, 0.3) is 5.91 Å². The maximum Gasteiger partial charge on any atom is 0.277 e. The molecule has 0 spiro atoms. The first-order valence-electron chi connectivity index (χ1n) is 8.88. The number of aromatic nitrogens is 2. The molecule has 29 heavy (non-hydrogen) atoms. The van der Waals surface area contributed by atoms with Gasteiger partial charge in [-0.05, 0) is 50.1 Å². The number of hydrogen-bond donors (Lipinski definition) is 1. The van der Waals surface area contributed by atoms with Crippen molar-refractivity contribution in [3.8, 4) is 11.4 Å². The quantitative estimate of drug-likeness (QED) is 0.487. The number of hydrogen-bond acceptors (Lipinski definition) is 4. The van der Waals surface area contributed by atoms with E-state index in [1.165, 1.54) is 24.4 Å². The van der Waals surface area contributed by atoms with Crippen LogP contribution in [0.25, 0.3) is 5.69 Å². The molecule has 0 unspecified atom stereocenters. The minimum absolute atomic E-state index is 0.262. The fourth-order valence-corrected chi connectivity index (χ4v) is 2.99. The van der Waals surface area contributed by atoms with Crippen LogP contribution in [0.3, 0.4) is 0 Å². The minimum atomic E-state index is -0.485. The minimum Gasteiger partial charge on any atom is -0.484 e. The van der Waals surface area contributed by atoms with E-state index < -0.39 is 11.7 Å². The third-order valence-electron chi connectivity index (χ3n) is 4.19. The molecule has 8 heteroatoms. The molecule has 0 aliphatic heterocycles. The maximum absolute atomic E-state index is 13.1. The first-order chi connectivity index (χ1) is 13.8. The summed E-state index contributed by atoms with van der Waals surface area (Å²) >= 11 is 6.50. The van der Waals surface area contributed by atoms with Crippen LogP contribution in [0, 0.1) is 26.6 Å². The van der Waals surface area contributed by atoms with E-state index in [2.05, 4.69) is 15.6 Å². The lowest BCUT2D eigenvalue weighted by Crippen LogP contribution is -2.24. The highest BCUT2D eigenvalue weighted by Crippen LogP contribution is 2.24. The fourth-order valence-electron chi connectivity index (χ4n) is 2.67. The summed E-state index contributed by atoms with van der Waals surface area (Å²) in [5.74, 6) is -0.661. The van der Waals surface area contributed by atoms with Crippen LogP contribution >= 0.6 is 11.6 Å². The van der Waals surface area contributed by atoms with E-state index in [1.807, 2.05) is 39.0 Å². The Labute approximate surface area is 173 Å². The van der Waals surface area contributed by atoms with Gasteiger partial charge < -0.3 is 4.74 Å². The number of ether oxygens (including phenoxy) is 1. The average molecular weight is 415 g/mol. The van der Waals surface area contributed by atoms with Crippen molar-refractivity contribution in [2.24, 2.45) is 5.10 Å². The van der Waals surface area contributed by atoms with E-state index >= 15 is 0 Å². The van der Waals surface area contributed by atoms with Crippen molar-refractivity contribution < 1.29 is 13.9 Å². The maximum atomic E-state index is 13.1. The van der Waals surface area contributed by atoms with Gasteiger partial charge in [0, 0.05) is 6.07 Å². The zero-order valence-electron chi connectivity index (χ0n) is 16.2. The van der Waals surface area contributed by atoms with Gasteiger partial charge in [-0.1, -0.05) is 29.8 Å². The Kier molecular flexibility index (Phi) is 6.29. The average Bonchev–Trinajstić information content (AvgIpc) is 2.96. The Morgan fingerprint density at radius 2 is 2.07 bits per heavy atom. The van der Waals surface area contributed by atoms with Gasteiger partial charge in [0.15, 0.2) is 6.61 Å². The van der Waals surface area contributed by atoms with Crippen molar-refractivity contribution in [3.05, 3.63) is 75.8 Å². The van der Waals surface area contributed by atoms with Gasteiger partial charge in [-0.25, -0.2) is 14.5 Å². The van der Waals surface area contributed by atoms with Gasteiger partial charge in [-0.2, -0.15) is 10.2 Å². The lowest BCUT2D eigenvalue weighted by Gasteiger charge is -2.08. The van der Waals surface area contributed by atoms with Crippen molar-refractivity contribution in [1.29, 1.82) is 0 Å². The van der Waals surface area contributed by atoms with E-state index in [0.29, 0.717) is 16.4 Å². The van der Waals surface area contributed by atoms with Gasteiger partial charge in [-0.3, -0.25) is 4.79 Å². The summed E-state index contributed by atoms with van der Waals surface area (Å²) in [6, 6.07) is 11.6.